The highest BCUT2D eigenvalue weighted by molar-refractivity contribution is 7.86. The summed E-state index contributed by atoms with van der Waals surface area (Å²) in [5.74, 6) is -0.154. The highest BCUT2D eigenvalue weighted by atomic mass is 32.2. The van der Waals surface area contributed by atoms with Gasteiger partial charge in [-0.1, -0.05) is 52.4 Å². The molecular formula is C12H27NO3S. The minimum atomic E-state index is -3.48. The summed E-state index contributed by atoms with van der Waals surface area (Å²) in [6, 6.07) is 0. The van der Waals surface area contributed by atoms with Crippen molar-refractivity contribution in [3.8, 4) is 0 Å². The van der Waals surface area contributed by atoms with E-state index in [1.807, 2.05) is 6.92 Å². The van der Waals surface area contributed by atoms with E-state index in [4.69, 9.17) is 9.92 Å². The van der Waals surface area contributed by atoms with Crippen LogP contribution in [0.5, 0.6) is 0 Å². The first-order valence-electron chi connectivity index (χ1n) is 6.59. The van der Waals surface area contributed by atoms with E-state index in [1.165, 1.54) is 32.1 Å². The third kappa shape index (κ3) is 10.7. The highest BCUT2D eigenvalue weighted by Crippen LogP contribution is 2.13. The summed E-state index contributed by atoms with van der Waals surface area (Å²) in [6.45, 7) is 4.48. The summed E-state index contributed by atoms with van der Waals surface area (Å²) in [6.07, 6.45) is 8.57. The molecule has 0 fully saturated rings. The third-order valence-corrected chi connectivity index (χ3v) is 3.69. The molecule has 104 valence electrons. The molecule has 0 saturated heterocycles. The summed E-state index contributed by atoms with van der Waals surface area (Å²) >= 11 is 0. The van der Waals surface area contributed by atoms with E-state index in [2.05, 4.69) is 6.92 Å². The van der Waals surface area contributed by atoms with E-state index in [0.29, 0.717) is 0 Å². The number of rotatable bonds is 11. The molecule has 0 aromatic carbocycles. The van der Waals surface area contributed by atoms with Crippen LogP contribution in [-0.2, 0) is 14.3 Å². The minimum absolute atomic E-state index is 0.258. The number of hydrogen-bond donors (Lipinski definition) is 1. The number of unbranched alkanes of at least 4 members (excludes halogenated alkanes) is 5. The average molecular weight is 265 g/mol. The summed E-state index contributed by atoms with van der Waals surface area (Å²) in [5.41, 5.74) is 5.05. The summed E-state index contributed by atoms with van der Waals surface area (Å²) in [4.78, 5) is 0. The molecule has 0 aliphatic heterocycles. The van der Waals surface area contributed by atoms with Crippen LogP contribution in [0.2, 0.25) is 0 Å². The van der Waals surface area contributed by atoms with Gasteiger partial charge in [-0.3, -0.25) is 4.18 Å². The molecule has 1 unspecified atom stereocenters. The van der Waals surface area contributed by atoms with Crippen molar-refractivity contribution in [2.45, 2.75) is 58.8 Å². The van der Waals surface area contributed by atoms with E-state index in [0.717, 1.165) is 12.8 Å². The van der Waals surface area contributed by atoms with Crippen LogP contribution in [0.3, 0.4) is 0 Å². The molecule has 0 spiro atoms. The van der Waals surface area contributed by atoms with Crippen LogP contribution in [-0.4, -0.2) is 20.9 Å². The van der Waals surface area contributed by atoms with Crippen LogP contribution in [0, 0.1) is 5.92 Å². The van der Waals surface area contributed by atoms with Crippen molar-refractivity contribution in [1.82, 2.24) is 0 Å². The Bertz CT molecular complexity index is 265. The monoisotopic (exact) mass is 265 g/mol. The molecule has 0 aromatic rings. The summed E-state index contributed by atoms with van der Waals surface area (Å²) in [7, 11) is -3.48. The van der Waals surface area contributed by atoms with Crippen molar-refractivity contribution in [3.05, 3.63) is 0 Å². The quantitative estimate of drug-likeness (QED) is 0.460. The Balaban J connectivity index is 3.44. The first kappa shape index (κ1) is 16.9. The molecule has 0 amide bonds. The first-order chi connectivity index (χ1) is 8.02. The Labute approximate surface area is 106 Å². The van der Waals surface area contributed by atoms with Gasteiger partial charge in [0.1, 0.15) is 5.88 Å². The second-order valence-corrected chi connectivity index (χ2v) is 6.35. The molecule has 2 N–H and O–H groups in total. The summed E-state index contributed by atoms with van der Waals surface area (Å²) < 4.78 is 26.8. The lowest BCUT2D eigenvalue weighted by atomic mass is 10.0. The van der Waals surface area contributed by atoms with Crippen LogP contribution in [0.1, 0.15) is 58.8 Å². The van der Waals surface area contributed by atoms with Crippen LogP contribution < -0.4 is 5.73 Å². The molecule has 17 heavy (non-hydrogen) atoms. The summed E-state index contributed by atoms with van der Waals surface area (Å²) in [5, 5.41) is 0. The zero-order valence-corrected chi connectivity index (χ0v) is 12.0. The van der Waals surface area contributed by atoms with Gasteiger partial charge in [0.2, 0.25) is 0 Å². The van der Waals surface area contributed by atoms with Gasteiger partial charge in [0, 0.05) is 0 Å². The lowest BCUT2D eigenvalue weighted by Crippen LogP contribution is -2.20. The average Bonchev–Trinajstić information content (AvgIpc) is 2.31. The fourth-order valence-electron chi connectivity index (χ4n) is 1.62. The minimum Gasteiger partial charge on any atom is -0.316 e. The van der Waals surface area contributed by atoms with Gasteiger partial charge in [0.15, 0.2) is 0 Å². The molecule has 0 heterocycles. The molecule has 0 aliphatic rings. The second-order valence-electron chi connectivity index (χ2n) is 4.67. The van der Waals surface area contributed by atoms with Crippen molar-refractivity contribution in [2.75, 3.05) is 12.5 Å². The second kappa shape index (κ2) is 9.85. The zero-order valence-electron chi connectivity index (χ0n) is 11.2. The fraction of sp³-hybridized carbons (Fsp3) is 1.00. The molecule has 0 rings (SSSR count). The third-order valence-electron chi connectivity index (χ3n) is 2.79. The molecule has 0 aliphatic carbocycles. The Morgan fingerprint density at radius 2 is 1.71 bits per heavy atom. The smallest absolute Gasteiger partial charge is 0.280 e. The van der Waals surface area contributed by atoms with Gasteiger partial charge in [-0.15, -0.1) is 0 Å². The molecule has 0 saturated carbocycles. The maximum absolute atomic E-state index is 11.0. The van der Waals surface area contributed by atoms with E-state index in [1.54, 1.807) is 0 Å². The van der Waals surface area contributed by atoms with Gasteiger partial charge in [0.25, 0.3) is 10.1 Å². The normalized spacial score (nSPS) is 13.8. The standard InChI is InChI=1S/C12H27NO3S/c1-3-4-5-6-7-8-9-12(2)10-16-17(14,15)11-13/h12H,3-11,13H2,1-2H3. The SMILES string of the molecule is CCCCCCCCC(C)COS(=O)(=O)CN. The molecule has 4 nitrogen and oxygen atoms in total. The van der Waals surface area contributed by atoms with E-state index >= 15 is 0 Å². The van der Waals surface area contributed by atoms with Gasteiger partial charge in [-0.05, 0) is 12.3 Å². The van der Waals surface area contributed by atoms with Gasteiger partial charge >= 0.3 is 0 Å². The highest BCUT2D eigenvalue weighted by Gasteiger charge is 2.10. The van der Waals surface area contributed by atoms with Crippen molar-refractivity contribution in [3.63, 3.8) is 0 Å². The predicted molar refractivity (Wildman–Crippen MR) is 71.1 cm³/mol. The lowest BCUT2D eigenvalue weighted by molar-refractivity contribution is 0.254. The van der Waals surface area contributed by atoms with Gasteiger partial charge in [-0.2, -0.15) is 8.42 Å². The number of hydrogen-bond acceptors (Lipinski definition) is 4. The lowest BCUT2D eigenvalue weighted by Gasteiger charge is -2.11. The van der Waals surface area contributed by atoms with Crippen LogP contribution >= 0.6 is 0 Å². The fourth-order valence-corrected chi connectivity index (χ4v) is 2.16. The number of nitrogens with two attached hydrogens (primary N) is 1. The van der Waals surface area contributed by atoms with Crippen LogP contribution in [0.4, 0.5) is 0 Å². The van der Waals surface area contributed by atoms with E-state index < -0.39 is 16.0 Å². The maximum atomic E-state index is 11.0. The van der Waals surface area contributed by atoms with Gasteiger partial charge < -0.3 is 5.73 Å². The Kier molecular flexibility index (Phi) is 9.78. The Morgan fingerprint density at radius 1 is 1.12 bits per heavy atom. The molecule has 1 atom stereocenters. The molecular weight excluding hydrogens is 238 g/mol. The molecule has 0 bridgehead atoms. The van der Waals surface area contributed by atoms with Crippen molar-refractivity contribution in [1.29, 1.82) is 0 Å². The molecule has 0 aromatic heterocycles. The van der Waals surface area contributed by atoms with Gasteiger partial charge in [0.05, 0.1) is 6.61 Å². The van der Waals surface area contributed by atoms with E-state index in [-0.39, 0.29) is 12.5 Å². The topological polar surface area (TPSA) is 69.4 Å². The van der Waals surface area contributed by atoms with Crippen molar-refractivity contribution >= 4 is 10.1 Å². The molecule has 5 heteroatoms. The Morgan fingerprint density at radius 3 is 2.29 bits per heavy atom. The molecule has 0 radical (unpaired) electrons. The van der Waals surface area contributed by atoms with Crippen LogP contribution in [0.25, 0.3) is 0 Å². The maximum Gasteiger partial charge on any atom is 0.280 e. The van der Waals surface area contributed by atoms with Crippen LogP contribution in [0.15, 0.2) is 0 Å². The Hall–Kier alpha value is -0.130. The van der Waals surface area contributed by atoms with Crippen molar-refractivity contribution in [2.24, 2.45) is 11.7 Å². The van der Waals surface area contributed by atoms with Crippen molar-refractivity contribution < 1.29 is 12.6 Å². The van der Waals surface area contributed by atoms with E-state index in [9.17, 15) is 8.42 Å². The zero-order chi connectivity index (χ0) is 13.1. The van der Waals surface area contributed by atoms with Gasteiger partial charge in [-0.25, -0.2) is 0 Å². The first-order valence-corrected chi connectivity index (χ1v) is 8.16. The largest absolute Gasteiger partial charge is 0.316 e. The predicted octanol–water partition coefficient (Wildman–Crippen LogP) is 2.64.